The quantitative estimate of drug-likeness (QED) is 0.713. The normalized spacial score (nSPS) is 26.4. The molecule has 2 rings (SSSR count). The lowest BCUT2D eigenvalue weighted by atomic mass is 10.1. The first-order chi connectivity index (χ1) is 8.31. The van der Waals surface area contributed by atoms with E-state index in [1.807, 2.05) is 4.90 Å². The van der Waals surface area contributed by atoms with Crippen molar-refractivity contribution < 1.29 is 14.6 Å². The second-order valence-corrected chi connectivity index (χ2v) is 4.77. The molecule has 2 saturated heterocycles. The molecule has 0 bridgehead atoms. The molecule has 0 spiro atoms. The third-order valence-corrected chi connectivity index (χ3v) is 3.56. The molecule has 5 nitrogen and oxygen atoms in total. The van der Waals surface area contributed by atoms with Crippen LogP contribution < -0.4 is 5.32 Å². The van der Waals surface area contributed by atoms with Gasteiger partial charge in [0, 0.05) is 13.1 Å². The van der Waals surface area contributed by atoms with E-state index < -0.39 is 0 Å². The van der Waals surface area contributed by atoms with Gasteiger partial charge < -0.3 is 20.1 Å². The molecule has 2 aliphatic heterocycles. The average molecular weight is 242 g/mol. The van der Waals surface area contributed by atoms with Crippen LogP contribution in [-0.4, -0.2) is 60.9 Å². The number of amides is 1. The number of likely N-dealkylation sites (tertiary alicyclic amines) is 1. The van der Waals surface area contributed by atoms with Gasteiger partial charge in [0.05, 0.1) is 25.4 Å². The molecule has 2 aliphatic rings. The number of ether oxygens (including phenoxy) is 1. The van der Waals surface area contributed by atoms with Gasteiger partial charge in [0.2, 0.25) is 5.91 Å². The molecular weight excluding hydrogens is 220 g/mol. The first-order valence-corrected chi connectivity index (χ1v) is 6.56. The Hall–Kier alpha value is -0.650. The van der Waals surface area contributed by atoms with Crippen molar-refractivity contribution in [3.63, 3.8) is 0 Å². The Morgan fingerprint density at radius 3 is 2.71 bits per heavy atom. The Morgan fingerprint density at radius 1 is 1.35 bits per heavy atom. The number of carbonyl (C=O) groups excluding carboxylic acids is 1. The highest BCUT2D eigenvalue weighted by Gasteiger charge is 2.29. The van der Waals surface area contributed by atoms with Crippen molar-refractivity contribution in [2.24, 2.45) is 0 Å². The number of hydrogen-bond donors (Lipinski definition) is 2. The molecule has 0 aromatic rings. The van der Waals surface area contributed by atoms with E-state index in [1.54, 1.807) is 0 Å². The Morgan fingerprint density at radius 2 is 2.12 bits per heavy atom. The Balaban J connectivity index is 1.72. The van der Waals surface area contributed by atoms with E-state index in [0.29, 0.717) is 6.61 Å². The predicted molar refractivity (Wildman–Crippen MR) is 63.7 cm³/mol. The third kappa shape index (κ3) is 3.40. The molecule has 0 aromatic heterocycles. The van der Waals surface area contributed by atoms with E-state index in [9.17, 15) is 4.79 Å². The predicted octanol–water partition coefficient (Wildman–Crippen LogP) is -0.262. The average Bonchev–Trinajstić information content (AvgIpc) is 2.90. The van der Waals surface area contributed by atoms with Gasteiger partial charge in [0.1, 0.15) is 0 Å². The maximum atomic E-state index is 12.1. The van der Waals surface area contributed by atoms with Crippen molar-refractivity contribution in [3.8, 4) is 0 Å². The molecule has 2 N–H and O–H groups in total. The van der Waals surface area contributed by atoms with Crippen LogP contribution in [0.4, 0.5) is 0 Å². The van der Waals surface area contributed by atoms with Crippen molar-refractivity contribution in [2.45, 2.75) is 37.8 Å². The Kier molecular flexibility index (Phi) is 4.76. The maximum Gasteiger partial charge on any atom is 0.239 e. The van der Waals surface area contributed by atoms with Gasteiger partial charge in [-0.25, -0.2) is 0 Å². The number of nitrogens with zero attached hydrogens (tertiary/aromatic N) is 1. The molecule has 0 saturated carbocycles. The molecule has 2 heterocycles. The molecule has 0 aliphatic carbocycles. The smallest absolute Gasteiger partial charge is 0.239 e. The minimum atomic E-state index is 0.0462. The van der Waals surface area contributed by atoms with E-state index >= 15 is 0 Å². The minimum Gasteiger partial charge on any atom is -0.394 e. The molecule has 17 heavy (non-hydrogen) atoms. The zero-order chi connectivity index (χ0) is 12.1. The number of piperidine rings is 1. The lowest BCUT2D eigenvalue weighted by Gasteiger charge is -2.33. The van der Waals surface area contributed by atoms with Gasteiger partial charge in [-0.3, -0.25) is 4.79 Å². The summed E-state index contributed by atoms with van der Waals surface area (Å²) in [4.78, 5) is 14.0. The molecule has 0 radical (unpaired) electrons. The first kappa shape index (κ1) is 12.8. The topological polar surface area (TPSA) is 61.8 Å². The van der Waals surface area contributed by atoms with Gasteiger partial charge in [0.15, 0.2) is 0 Å². The van der Waals surface area contributed by atoms with Gasteiger partial charge >= 0.3 is 0 Å². The van der Waals surface area contributed by atoms with Crippen LogP contribution in [0.2, 0.25) is 0 Å². The fourth-order valence-electron chi connectivity index (χ4n) is 2.58. The summed E-state index contributed by atoms with van der Waals surface area (Å²) in [6, 6.07) is 0.0462. The first-order valence-electron chi connectivity index (χ1n) is 6.56. The van der Waals surface area contributed by atoms with Crippen LogP contribution in [0.15, 0.2) is 0 Å². The number of aliphatic hydroxyl groups excluding tert-OH is 1. The van der Waals surface area contributed by atoms with Gasteiger partial charge in [-0.1, -0.05) is 0 Å². The van der Waals surface area contributed by atoms with Crippen LogP contribution >= 0.6 is 0 Å². The molecule has 5 heteroatoms. The van der Waals surface area contributed by atoms with Crippen LogP contribution in [0.3, 0.4) is 0 Å². The number of rotatable bonds is 4. The summed E-state index contributed by atoms with van der Waals surface area (Å²) in [6.07, 6.45) is 4.06. The maximum absolute atomic E-state index is 12.1. The monoisotopic (exact) mass is 242 g/mol. The zero-order valence-electron chi connectivity index (χ0n) is 10.2. The van der Waals surface area contributed by atoms with Crippen molar-refractivity contribution in [3.05, 3.63) is 0 Å². The fraction of sp³-hybridized carbons (Fsp3) is 0.917. The molecular formula is C12H22N2O3. The van der Waals surface area contributed by atoms with Crippen LogP contribution in [0.5, 0.6) is 0 Å². The molecule has 1 atom stereocenters. The lowest BCUT2D eigenvalue weighted by molar-refractivity contribution is -0.135. The molecule has 0 aromatic carbocycles. The van der Waals surface area contributed by atoms with E-state index in [-0.39, 0.29) is 24.7 Å². The number of carbonyl (C=O) groups is 1. The standard InChI is InChI=1S/C12H22N2O3/c15-8-9-17-10-3-6-14(7-4-10)12(16)11-2-1-5-13-11/h10-11,13,15H,1-9H2/t11-/m1/s1. The van der Waals surface area contributed by atoms with E-state index in [2.05, 4.69) is 5.32 Å². The van der Waals surface area contributed by atoms with Crippen molar-refractivity contribution >= 4 is 5.91 Å². The molecule has 98 valence electrons. The summed E-state index contributed by atoms with van der Waals surface area (Å²) >= 11 is 0. The second kappa shape index (κ2) is 6.33. The van der Waals surface area contributed by atoms with E-state index in [4.69, 9.17) is 9.84 Å². The summed E-state index contributed by atoms with van der Waals surface area (Å²) < 4.78 is 5.48. The molecule has 0 unspecified atom stereocenters. The Labute approximate surface area is 102 Å². The summed E-state index contributed by atoms with van der Waals surface area (Å²) in [5.41, 5.74) is 0. The minimum absolute atomic E-state index is 0.0462. The largest absolute Gasteiger partial charge is 0.394 e. The highest BCUT2D eigenvalue weighted by atomic mass is 16.5. The van der Waals surface area contributed by atoms with E-state index in [0.717, 1.165) is 45.3 Å². The number of aliphatic hydroxyl groups is 1. The second-order valence-electron chi connectivity index (χ2n) is 4.77. The summed E-state index contributed by atoms with van der Waals surface area (Å²) in [5.74, 6) is 0.253. The lowest BCUT2D eigenvalue weighted by Crippen LogP contribution is -2.48. The number of hydrogen-bond acceptors (Lipinski definition) is 4. The third-order valence-electron chi connectivity index (χ3n) is 3.56. The van der Waals surface area contributed by atoms with Gasteiger partial charge in [-0.05, 0) is 32.2 Å². The van der Waals surface area contributed by atoms with Gasteiger partial charge in [0.25, 0.3) is 0 Å². The van der Waals surface area contributed by atoms with Crippen LogP contribution in [-0.2, 0) is 9.53 Å². The fourth-order valence-corrected chi connectivity index (χ4v) is 2.58. The van der Waals surface area contributed by atoms with Crippen molar-refractivity contribution in [1.29, 1.82) is 0 Å². The van der Waals surface area contributed by atoms with Crippen molar-refractivity contribution in [2.75, 3.05) is 32.8 Å². The highest BCUT2D eigenvalue weighted by molar-refractivity contribution is 5.82. The van der Waals surface area contributed by atoms with Crippen LogP contribution in [0.1, 0.15) is 25.7 Å². The van der Waals surface area contributed by atoms with Crippen LogP contribution in [0.25, 0.3) is 0 Å². The SMILES string of the molecule is O=C([C@H]1CCCN1)N1CCC(OCCO)CC1. The van der Waals surface area contributed by atoms with Gasteiger partial charge in [-0.15, -0.1) is 0 Å². The van der Waals surface area contributed by atoms with Crippen molar-refractivity contribution in [1.82, 2.24) is 10.2 Å². The highest BCUT2D eigenvalue weighted by Crippen LogP contribution is 2.16. The Bertz CT molecular complexity index is 246. The van der Waals surface area contributed by atoms with E-state index in [1.165, 1.54) is 0 Å². The van der Waals surface area contributed by atoms with Crippen LogP contribution in [0, 0.1) is 0 Å². The molecule has 2 fully saturated rings. The van der Waals surface area contributed by atoms with Gasteiger partial charge in [-0.2, -0.15) is 0 Å². The summed E-state index contributed by atoms with van der Waals surface area (Å²) in [7, 11) is 0. The summed E-state index contributed by atoms with van der Waals surface area (Å²) in [5, 5.41) is 11.9. The zero-order valence-corrected chi connectivity index (χ0v) is 10.2. The number of nitrogens with one attached hydrogen (secondary N) is 1. The molecule has 1 amide bonds. The summed E-state index contributed by atoms with van der Waals surface area (Å²) in [6.45, 7) is 3.01.